The molecule has 7 heteroatoms. The van der Waals surface area contributed by atoms with Gasteiger partial charge in [0.2, 0.25) is 0 Å². The maximum Gasteiger partial charge on any atom is 0.254 e. The number of benzene rings is 2. The molecule has 34 heavy (non-hydrogen) atoms. The van der Waals surface area contributed by atoms with Gasteiger partial charge < -0.3 is 14.4 Å². The first-order valence-electron chi connectivity index (χ1n) is 11.1. The maximum absolute atomic E-state index is 13.7. The summed E-state index contributed by atoms with van der Waals surface area (Å²) in [5, 5.41) is 2.05. The molecular formula is C27H23FN2O3S. The lowest BCUT2D eigenvalue weighted by Gasteiger charge is -2.20. The summed E-state index contributed by atoms with van der Waals surface area (Å²) < 4.78 is 26.0. The third-order valence-corrected chi connectivity index (χ3v) is 6.58. The first-order valence-corrected chi connectivity index (χ1v) is 12.0. The molecule has 172 valence electrons. The highest BCUT2D eigenvalue weighted by molar-refractivity contribution is 7.09. The van der Waals surface area contributed by atoms with Gasteiger partial charge in [0.25, 0.3) is 5.91 Å². The molecule has 0 spiro atoms. The number of ether oxygens (including phenoxy) is 2. The number of carbonyl (C=O) groups is 1. The molecule has 0 aliphatic carbocycles. The molecule has 0 radical (unpaired) electrons. The van der Waals surface area contributed by atoms with Crippen LogP contribution >= 0.6 is 11.3 Å². The number of amides is 1. The van der Waals surface area contributed by atoms with Crippen molar-refractivity contribution in [3.8, 4) is 22.6 Å². The summed E-state index contributed by atoms with van der Waals surface area (Å²) in [4.78, 5) is 20.3. The van der Waals surface area contributed by atoms with Crippen molar-refractivity contribution in [2.45, 2.75) is 13.0 Å². The van der Waals surface area contributed by atoms with Crippen LogP contribution in [0.3, 0.4) is 0 Å². The zero-order valence-electron chi connectivity index (χ0n) is 18.4. The highest BCUT2D eigenvalue weighted by Gasteiger charge is 2.25. The van der Waals surface area contributed by atoms with Crippen LogP contribution in [0.4, 0.5) is 4.39 Å². The van der Waals surface area contributed by atoms with Crippen molar-refractivity contribution in [2.75, 3.05) is 19.8 Å². The second-order valence-corrected chi connectivity index (χ2v) is 9.00. The van der Waals surface area contributed by atoms with E-state index in [2.05, 4.69) is 16.4 Å². The minimum Gasteiger partial charge on any atom is -0.489 e. The van der Waals surface area contributed by atoms with Gasteiger partial charge in [-0.2, -0.15) is 0 Å². The Hall–Kier alpha value is -3.71. The number of rotatable bonds is 6. The number of carbonyl (C=O) groups excluding carboxylic acids is 1. The molecule has 0 saturated heterocycles. The summed E-state index contributed by atoms with van der Waals surface area (Å²) >= 11 is 1.70. The van der Waals surface area contributed by atoms with E-state index >= 15 is 0 Å². The smallest absolute Gasteiger partial charge is 0.254 e. The quantitative estimate of drug-likeness (QED) is 0.365. The maximum atomic E-state index is 13.7. The van der Waals surface area contributed by atoms with Crippen molar-refractivity contribution < 1.29 is 18.7 Å². The molecular weight excluding hydrogens is 451 g/mol. The van der Waals surface area contributed by atoms with Crippen LogP contribution in [0, 0.1) is 5.82 Å². The Morgan fingerprint density at radius 1 is 1.12 bits per heavy atom. The van der Waals surface area contributed by atoms with Crippen LogP contribution in [0.15, 0.2) is 78.4 Å². The van der Waals surface area contributed by atoms with Crippen molar-refractivity contribution in [2.24, 2.45) is 0 Å². The van der Waals surface area contributed by atoms with Gasteiger partial charge in [0.15, 0.2) is 11.5 Å². The minimum atomic E-state index is -0.433. The van der Waals surface area contributed by atoms with Crippen LogP contribution in [-0.2, 0) is 13.0 Å². The molecule has 2 aromatic heterocycles. The third kappa shape index (κ3) is 4.94. The molecule has 0 saturated carbocycles. The number of thiophene rings is 1. The molecule has 1 aliphatic rings. The van der Waals surface area contributed by atoms with Crippen LogP contribution < -0.4 is 9.47 Å². The Morgan fingerprint density at radius 3 is 2.85 bits per heavy atom. The Morgan fingerprint density at radius 2 is 2.06 bits per heavy atom. The van der Waals surface area contributed by atoms with Gasteiger partial charge in [-0.15, -0.1) is 11.3 Å². The highest BCUT2D eigenvalue weighted by Crippen LogP contribution is 2.39. The number of hydrogen-bond acceptors (Lipinski definition) is 5. The summed E-state index contributed by atoms with van der Waals surface area (Å²) in [7, 11) is 0. The van der Waals surface area contributed by atoms with Gasteiger partial charge in [-0.1, -0.05) is 18.2 Å². The topological polar surface area (TPSA) is 51.7 Å². The predicted octanol–water partition coefficient (Wildman–Crippen LogP) is 5.61. The highest BCUT2D eigenvalue weighted by atomic mass is 32.1. The number of nitrogens with zero attached hydrogens (tertiary/aromatic N) is 2. The second kappa shape index (κ2) is 10.1. The summed E-state index contributed by atoms with van der Waals surface area (Å²) in [5.74, 6) is 0.627. The van der Waals surface area contributed by atoms with Crippen LogP contribution in [0.2, 0.25) is 0 Å². The molecule has 5 rings (SSSR count). The SMILES string of the molecule is O=C(c1cccc(F)c1)N1CCOc2c(cc(-c3cccnc3)cc2OCCc2cccs2)C1. The normalized spacial score (nSPS) is 13.0. The molecule has 3 heterocycles. The third-order valence-electron chi connectivity index (χ3n) is 5.64. The van der Waals surface area contributed by atoms with Crippen molar-refractivity contribution >= 4 is 17.2 Å². The van der Waals surface area contributed by atoms with Gasteiger partial charge in [0.05, 0.1) is 13.2 Å². The first kappa shape index (κ1) is 22.1. The van der Waals surface area contributed by atoms with E-state index in [1.165, 1.54) is 17.0 Å². The van der Waals surface area contributed by atoms with E-state index in [9.17, 15) is 9.18 Å². The lowest BCUT2D eigenvalue weighted by Crippen LogP contribution is -2.32. The predicted molar refractivity (Wildman–Crippen MR) is 130 cm³/mol. The molecule has 4 aromatic rings. The Balaban J connectivity index is 1.46. The van der Waals surface area contributed by atoms with Gasteiger partial charge in [-0.25, -0.2) is 4.39 Å². The van der Waals surface area contributed by atoms with E-state index in [4.69, 9.17) is 9.47 Å². The van der Waals surface area contributed by atoms with Crippen LogP contribution in [0.1, 0.15) is 20.8 Å². The number of fused-ring (bicyclic) bond motifs is 1. The minimum absolute atomic E-state index is 0.233. The average Bonchev–Trinajstić information content (AvgIpc) is 3.28. The Labute approximate surface area is 201 Å². The monoisotopic (exact) mass is 474 g/mol. The molecule has 0 N–H and O–H groups in total. The molecule has 1 amide bonds. The zero-order chi connectivity index (χ0) is 23.3. The lowest BCUT2D eigenvalue weighted by molar-refractivity contribution is 0.0732. The number of halogens is 1. The van der Waals surface area contributed by atoms with E-state index < -0.39 is 5.82 Å². The fraction of sp³-hybridized carbons (Fsp3) is 0.185. The fourth-order valence-electron chi connectivity index (χ4n) is 3.99. The second-order valence-electron chi connectivity index (χ2n) is 7.97. The summed E-state index contributed by atoms with van der Waals surface area (Å²) in [6.45, 7) is 1.56. The summed E-state index contributed by atoms with van der Waals surface area (Å²) in [6, 6.07) is 17.7. The number of aromatic nitrogens is 1. The van der Waals surface area contributed by atoms with Gasteiger partial charge in [0.1, 0.15) is 12.4 Å². The largest absolute Gasteiger partial charge is 0.489 e. The average molecular weight is 475 g/mol. The number of hydrogen-bond donors (Lipinski definition) is 0. The molecule has 0 fully saturated rings. The van der Waals surface area contributed by atoms with Gasteiger partial charge in [-0.3, -0.25) is 9.78 Å². The van der Waals surface area contributed by atoms with E-state index in [1.807, 2.05) is 30.3 Å². The van der Waals surface area contributed by atoms with Crippen molar-refractivity contribution in [3.05, 3.63) is 100 Å². The van der Waals surface area contributed by atoms with Crippen LogP contribution in [0.5, 0.6) is 11.5 Å². The van der Waals surface area contributed by atoms with Crippen molar-refractivity contribution in [1.29, 1.82) is 0 Å². The Kier molecular flexibility index (Phi) is 6.53. The van der Waals surface area contributed by atoms with Crippen LogP contribution in [-0.4, -0.2) is 35.5 Å². The fourth-order valence-corrected chi connectivity index (χ4v) is 4.68. The molecule has 1 aliphatic heterocycles. The van der Waals surface area contributed by atoms with Crippen molar-refractivity contribution in [3.63, 3.8) is 0 Å². The first-order chi connectivity index (χ1) is 16.7. The molecule has 0 unspecified atom stereocenters. The van der Waals surface area contributed by atoms with E-state index in [0.29, 0.717) is 43.4 Å². The lowest BCUT2D eigenvalue weighted by atomic mass is 10.0. The number of pyridine rings is 1. The molecule has 0 atom stereocenters. The molecule has 2 aromatic carbocycles. The molecule has 5 nitrogen and oxygen atoms in total. The summed E-state index contributed by atoms with van der Waals surface area (Å²) in [5.41, 5.74) is 3.04. The van der Waals surface area contributed by atoms with Gasteiger partial charge in [-0.05, 0) is 53.4 Å². The van der Waals surface area contributed by atoms with Gasteiger partial charge >= 0.3 is 0 Å². The van der Waals surface area contributed by atoms with E-state index in [0.717, 1.165) is 23.1 Å². The van der Waals surface area contributed by atoms with Gasteiger partial charge in [0, 0.05) is 46.9 Å². The van der Waals surface area contributed by atoms with Crippen LogP contribution in [0.25, 0.3) is 11.1 Å². The summed E-state index contributed by atoms with van der Waals surface area (Å²) in [6.07, 6.45) is 4.33. The zero-order valence-corrected chi connectivity index (χ0v) is 19.3. The van der Waals surface area contributed by atoms with E-state index in [1.54, 1.807) is 40.8 Å². The standard InChI is InChI=1S/C27H23FN2O3S/c28-23-6-1-4-19(15-23)27(31)30-10-12-33-26-22(18-30)14-21(20-5-2-9-29-17-20)16-25(26)32-11-8-24-7-3-13-34-24/h1-7,9,13-17H,8,10-12,18H2. The van der Waals surface area contributed by atoms with E-state index in [-0.39, 0.29) is 5.91 Å². The molecule has 0 bridgehead atoms. The van der Waals surface area contributed by atoms with Crippen molar-refractivity contribution in [1.82, 2.24) is 9.88 Å². The Bertz CT molecular complexity index is 1280.